The first-order valence-electron chi connectivity index (χ1n) is 6.28. The molecular weight excluding hydrogens is 200 g/mol. The van der Waals surface area contributed by atoms with Crippen LogP contribution in [0.1, 0.15) is 27.7 Å². The molecule has 0 saturated heterocycles. The number of likely N-dealkylation sites (N-methyl/N-ethyl adjacent to an activating group) is 1. The summed E-state index contributed by atoms with van der Waals surface area (Å²) in [5.41, 5.74) is 0. The highest BCUT2D eigenvalue weighted by atomic mass is 16.5. The maximum Gasteiger partial charge on any atom is 0.0618 e. The first-order chi connectivity index (χ1) is 7.40. The minimum absolute atomic E-state index is 0.450. The van der Waals surface area contributed by atoms with E-state index in [1.807, 2.05) is 0 Å². The zero-order valence-electron chi connectivity index (χ0n) is 12.1. The lowest BCUT2D eigenvalue weighted by atomic mass is 10.0. The predicted molar refractivity (Wildman–Crippen MR) is 70.8 cm³/mol. The molecule has 0 aliphatic carbocycles. The first kappa shape index (κ1) is 15.9. The third-order valence-electron chi connectivity index (χ3n) is 3.17. The molecule has 0 aliphatic heterocycles. The second-order valence-electron chi connectivity index (χ2n) is 5.49. The van der Waals surface area contributed by atoms with Crippen molar-refractivity contribution < 1.29 is 4.74 Å². The summed E-state index contributed by atoms with van der Waals surface area (Å²) in [5, 5.41) is 3.62. The zero-order valence-corrected chi connectivity index (χ0v) is 12.1. The Hall–Kier alpha value is -0.120. The van der Waals surface area contributed by atoms with Crippen LogP contribution in [0.25, 0.3) is 0 Å². The van der Waals surface area contributed by atoms with Crippen molar-refractivity contribution in [1.29, 1.82) is 0 Å². The van der Waals surface area contributed by atoms with Crippen molar-refractivity contribution in [2.45, 2.75) is 39.8 Å². The van der Waals surface area contributed by atoms with E-state index in [-0.39, 0.29) is 0 Å². The van der Waals surface area contributed by atoms with Gasteiger partial charge in [-0.3, -0.25) is 0 Å². The van der Waals surface area contributed by atoms with Gasteiger partial charge in [-0.2, -0.15) is 0 Å². The Balaban J connectivity index is 4.15. The molecule has 16 heavy (non-hydrogen) atoms. The van der Waals surface area contributed by atoms with Crippen molar-refractivity contribution in [3.63, 3.8) is 0 Å². The van der Waals surface area contributed by atoms with E-state index in [1.54, 1.807) is 7.11 Å². The van der Waals surface area contributed by atoms with Crippen molar-refractivity contribution in [3.8, 4) is 0 Å². The van der Waals surface area contributed by atoms with Crippen molar-refractivity contribution in [2.24, 2.45) is 11.8 Å². The van der Waals surface area contributed by atoms with Gasteiger partial charge in [-0.1, -0.05) is 27.7 Å². The third kappa shape index (κ3) is 5.83. The maximum absolute atomic E-state index is 5.24. The van der Waals surface area contributed by atoms with Crippen LogP contribution < -0.4 is 5.32 Å². The molecule has 0 aliphatic rings. The molecule has 3 nitrogen and oxygen atoms in total. The normalized spacial score (nSPS) is 16.1. The van der Waals surface area contributed by atoms with Crippen molar-refractivity contribution >= 4 is 0 Å². The van der Waals surface area contributed by atoms with Crippen LogP contribution in [0.3, 0.4) is 0 Å². The number of nitrogens with zero attached hydrogens (tertiary/aromatic N) is 1. The smallest absolute Gasteiger partial charge is 0.0618 e. The van der Waals surface area contributed by atoms with E-state index in [4.69, 9.17) is 4.74 Å². The fourth-order valence-corrected chi connectivity index (χ4v) is 1.95. The van der Waals surface area contributed by atoms with Gasteiger partial charge >= 0.3 is 0 Å². The SMILES string of the molecule is COCC(NCC(C(C)C)N(C)C)C(C)C. The van der Waals surface area contributed by atoms with E-state index in [0.717, 1.165) is 13.2 Å². The molecule has 0 rings (SSSR count). The molecule has 0 heterocycles. The molecule has 0 fully saturated rings. The van der Waals surface area contributed by atoms with Crippen LogP contribution in [0.4, 0.5) is 0 Å². The molecular formula is C13H30N2O. The minimum atomic E-state index is 0.450. The Bertz CT molecular complexity index is 161. The fourth-order valence-electron chi connectivity index (χ4n) is 1.95. The Kier molecular flexibility index (Phi) is 7.98. The number of hydrogen-bond donors (Lipinski definition) is 1. The Labute approximate surface area is 102 Å². The van der Waals surface area contributed by atoms with Crippen LogP contribution in [-0.2, 0) is 4.74 Å². The molecule has 2 atom stereocenters. The lowest BCUT2D eigenvalue weighted by molar-refractivity contribution is 0.135. The quantitative estimate of drug-likeness (QED) is 0.688. The molecule has 0 saturated carbocycles. The van der Waals surface area contributed by atoms with Gasteiger partial charge in [-0.05, 0) is 25.9 Å². The van der Waals surface area contributed by atoms with Gasteiger partial charge in [0.2, 0.25) is 0 Å². The number of rotatable bonds is 8. The second-order valence-corrected chi connectivity index (χ2v) is 5.49. The zero-order chi connectivity index (χ0) is 12.7. The van der Waals surface area contributed by atoms with Gasteiger partial charge in [0.05, 0.1) is 6.61 Å². The summed E-state index contributed by atoms with van der Waals surface area (Å²) >= 11 is 0. The molecule has 0 spiro atoms. The van der Waals surface area contributed by atoms with E-state index >= 15 is 0 Å². The maximum atomic E-state index is 5.24. The summed E-state index contributed by atoms with van der Waals surface area (Å²) < 4.78 is 5.24. The number of hydrogen-bond acceptors (Lipinski definition) is 3. The summed E-state index contributed by atoms with van der Waals surface area (Å²) in [4.78, 5) is 2.29. The van der Waals surface area contributed by atoms with Gasteiger partial charge in [-0.25, -0.2) is 0 Å². The van der Waals surface area contributed by atoms with Gasteiger partial charge in [0.25, 0.3) is 0 Å². The van der Waals surface area contributed by atoms with Crippen LogP contribution in [-0.4, -0.2) is 51.3 Å². The third-order valence-corrected chi connectivity index (χ3v) is 3.17. The van der Waals surface area contributed by atoms with E-state index in [9.17, 15) is 0 Å². The summed E-state index contributed by atoms with van der Waals surface area (Å²) in [5.74, 6) is 1.27. The molecule has 0 aromatic heterocycles. The molecule has 0 radical (unpaired) electrons. The highest BCUT2D eigenvalue weighted by Crippen LogP contribution is 2.08. The largest absolute Gasteiger partial charge is 0.383 e. The fraction of sp³-hybridized carbons (Fsp3) is 1.00. The predicted octanol–water partition coefficient (Wildman–Crippen LogP) is 1.83. The van der Waals surface area contributed by atoms with Gasteiger partial charge in [0.15, 0.2) is 0 Å². The minimum Gasteiger partial charge on any atom is -0.383 e. The standard InChI is InChI=1S/C13H30N2O/c1-10(2)12(9-16-7)14-8-13(11(3)4)15(5)6/h10-14H,8-9H2,1-7H3. The van der Waals surface area contributed by atoms with E-state index in [2.05, 4.69) is 52.0 Å². The van der Waals surface area contributed by atoms with Crippen molar-refractivity contribution in [1.82, 2.24) is 10.2 Å². The molecule has 0 bridgehead atoms. The molecule has 0 aromatic carbocycles. The Morgan fingerprint density at radius 2 is 1.62 bits per heavy atom. The van der Waals surface area contributed by atoms with E-state index < -0.39 is 0 Å². The second kappa shape index (κ2) is 8.04. The summed E-state index contributed by atoms with van der Waals surface area (Å²) in [7, 11) is 6.06. The first-order valence-corrected chi connectivity index (χ1v) is 6.28. The molecule has 3 heteroatoms. The van der Waals surface area contributed by atoms with Crippen LogP contribution in [0.15, 0.2) is 0 Å². The lowest BCUT2D eigenvalue weighted by Gasteiger charge is -2.31. The van der Waals surface area contributed by atoms with Crippen LogP contribution in [0, 0.1) is 11.8 Å². The van der Waals surface area contributed by atoms with Gasteiger partial charge in [-0.15, -0.1) is 0 Å². The van der Waals surface area contributed by atoms with E-state index in [0.29, 0.717) is 23.9 Å². The highest BCUT2D eigenvalue weighted by molar-refractivity contribution is 4.77. The molecule has 2 unspecified atom stereocenters. The van der Waals surface area contributed by atoms with Gasteiger partial charge in [0.1, 0.15) is 0 Å². The molecule has 1 N–H and O–H groups in total. The Morgan fingerprint density at radius 3 is 1.94 bits per heavy atom. The van der Waals surface area contributed by atoms with Gasteiger partial charge < -0.3 is 15.0 Å². The average molecular weight is 230 g/mol. The number of ether oxygens (including phenoxy) is 1. The summed E-state index contributed by atoms with van der Waals surface area (Å²) in [6.45, 7) is 10.8. The lowest BCUT2D eigenvalue weighted by Crippen LogP contribution is -2.47. The van der Waals surface area contributed by atoms with Crippen molar-refractivity contribution in [3.05, 3.63) is 0 Å². The van der Waals surface area contributed by atoms with Gasteiger partial charge in [0, 0.05) is 25.7 Å². The summed E-state index contributed by atoms with van der Waals surface area (Å²) in [6, 6.07) is 1.03. The molecule has 98 valence electrons. The number of nitrogens with one attached hydrogen (secondary N) is 1. The highest BCUT2D eigenvalue weighted by Gasteiger charge is 2.19. The molecule has 0 aromatic rings. The van der Waals surface area contributed by atoms with Crippen LogP contribution in [0.5, 0.6) is 0 Å². The monoisotopic (exact) mass is 230 g/mol. The average Bonchev–Trinajstić information content (AvgIpc) is 2.15. The topological polar surface area (TPSA) is 24.5 Å². The van der Waals surface area contributed by atoms with Crippen molar-refractivity contribution in [2.75, 3.05) is 34.4 Å². The summed E-state index contributed by atoms with van der Waals surface area (Å²) in [6.07, 6.45) is 0. The Morgan fingerprint density at radius 1 is 1.06 bits per heavy atom. The van der Waals surface area contributed by atoms with E-state index in [1.165, 1.54) is 0 Å². The van der Waals surface area contributed by atoms with Crippen LogP contribution >= 0.6 is 0 Å². The molecule has 0 amide bonds. The van der Waals surface area contributed by atoms with Crippen LogP contribution in [0.2, 0.25) is 0 Å². The number of methoxy groups -OCH3 is 1.